The molecule has 1 aliphatic rings. The minimum atomic E-state index is 0.275. The Hall–Kier alpha value is -0.790. The predicted octanol–water partition coefficient (Wildman–Crippen LogP) is 2.74. The van der Waals surface area contributed by atoms with Crippen LogP contribution in [-0.4, -0.2) is 23.4 Å². The van der Waals surface area contributed by atoms with Gasteiger partial charge in [0.2, 0.25) is 5.91 Å². The van der Waals surface area contributed by atoms with Crippen LogP contribution in [0.4, 0.5) is 0 Å². The molecule has 0 aromatic rings. The van der Waals surface area contributed by atoms with Crippen molar-refractivity contribution < 1.29 is 4.79 Å². The molecule has 1 fully saturated rings. The molecule has 0 bridgehead atoms. The van der Waals surface area contributed by atoms with Crippen LogP contribution in [0.5, 0.6) is 0 Å². The Morgan fingerprint density at radius 3 is 2.57 bits per heavy atom. The van der Waals surface area contributed by atoms with Gasteiger partial charge in [0, 0.05) is 19.0 Å². The Morgan fingerprint density at radius 2 is 2.07 bits per heavy atom. The highest BCUT2D eigenvalue weighted by atomic mass is 16.2. The summed E-state index contributed by atoms with van der Waals surface area (Å²) in [6, 6.07) is 0.481. The largest absolute Gasteiger partial charge is 0.336 e. The van der Waals surface area contributed by atoms with Gasteiger partial charge in [-0.25, -0.2) is 0 Å². The number of carbonyl (C=O) groups excluding carboxylic acids is 1. The van der Waals surface area contributed by atoms with Crippen LogP contribution >= 0.6 is 0 Å². The molecule has 2 nitrogen and oxygen atoms in total. The van der Waals surface area contributed by atoms with E-state index in [-0.39, 0.29) is 5.91 Å². The second-order valence-electron chi connectivity index (χ2n) is 3.98. The van der Waals surface area contributed by atoms with Gasteiger partial charge in [-0.15, -0.1) is 6.58 Å². The molecular formula is C12H21NO. The van der Waals surface area contributed by atoms with Gasteiger partial charge >= 0.3 is 0 Å². The molecule has 0 N–H and O–H groups in total. The summed E-state index contributed by atoms with van der Waals surface area (Å²) in [7, 11) is 0. The SMILES string of the molecule is C=CCN(C(=O)CC)C1CCCCC1. The number of hydrogen-bond acceptors (Lipinski definition) is 1. The molecule has 0 radical (unpaired) electrons. The Balaban J connectivity index is 2.55. The van der Waals surface area contributed by atoms with Crippen LogP contribution in [-0.2, 0) is 4.79 Å². The van der Waals surface area contributed by atoms with Crippen molar-refractivity contribution in [2.24, 2.45) is 0 Å². The van der Waals surface area contributed by atoms with E-state index in [0.29, 0.717) is 12.5 Å². The summed E-state index contributed by atoms with van der Waals surface area (Å²) >= 11 is 0. The zero-order valence-electron chi connectivity index (χ0n) is 9.17. The highest BCUT2D eigenvalue weighted by Gasteiger charge is 2.22. The number of hydrogen-bond donors (Lipinski definition) is 0. The van der Waals surface area contributed by atoms with Crippen LogP contribution in [0.15, 0.2) is 12.7 Å². The number of carbonyl (C=O) groups is 1. The maximum atomic E-state index is 11.7. The van der Waals surface area contributed by atoms with Crippen LogP contribution in [0.3, 0.4) is 0 Å². The second-order valence-corrected chi connectivity index (χ2v) is 3.98. The molecule has 0 aliphatic heterocycles. The third-order valence-electron chi connectivity index (χ3n) is 2.96. The van der Waals surface area contributed by atoms with E-state index in [1.807, 2.05) is 17.9 Å². The minimum absolute atomic E-state index is 0.275. The van der Waals surface area contributed by atoms with Crippen molar-refractivity contribution >= 4 is 5.91 Å². The summed E-state index contributed by atoms with van der Waals surface area (Å²) in [6.07, 6.45) is 8.69. The summed E-state index contributed by atoms with van der Waals surface area (Å²) in [6.45, 7) is 6.37. The van der Waals surface area contributed by atoms with Gasteiger partial charge in [0.25, 0.3) is 0 Å². The lowest BCUT2D eigenvalue weighted by atomic mass is 9.94. The number of rotatable bonds is 4. The van der Waals surface area contributed by atoms with E-state index in [9.17, 15) is 4.79 Å². The van der Waals surface area contributed by atoms with Crippen molar-refractivity contribution in [3.8, 4) is 0 Å². The van der Waals surface area contributed by atoms with Crippen molar-refractivity contribution in [3.05, 3.63) is 12.7 Å². The third kappa shape index (κ3) is 2.86. The highest BCUT2D eigenvalue weighted by Crippen LogP contribution is 2.22. The fraction of sp³-hybridized carbons (Fsp3) is 0.750. The van der Waals surface area contributed by atoms with Crippen molar-refractivity contribution in [1.29, 1.82) is 0 Å². The quantitative estimate of drug-likeness (QED) is 0.632. The van der Waals surface area contributed by atoms with E-state index in [2.05, 4.69) is 6.58 Å². The molecule has 0 unspecified atom stereocenters. The van der Waals surface area contributed by atoms with Gasteiger partial charge in [-0.3, -0.25) is 4.79 Å². The van der Waals surface area contributed by atoms with Gasteiger partial charge in [-0.1, -0.05) is 32.3 Å². The molecule has 0 aromatic carbocycles. The Kier molecular flexibility index (Phi) is 4.71. The molecule has 0 aromatic heterocycles. The predicted molar refractivity (Wildman–Crippen MR) is 59.1 cm³/mol. The van der Waals surface area contributed by atoms with Crippen LogP contribution in [0.1, 0.15) is 45.4 Å². The van der Waals surface area contributed by atoms with Crippen molar-refractivity contribution in [2.75, 3.05) is 6.54 Å². The average Bonchev–Trinajstić information content (AvgIpc) is 2.26. The van der Waals surface area contributed by atoms with E-state index in [1.165, 1.54) is 32.1 Å². The van der Waals surface area contributed by atoms with E-state index in [1.54, 1.807) is 0 Å². The lowest BCUT2D eigenvalue weighted by Crippen LogP contribution is -2.41. The highest BCUT2D eigenvalue weighted by molar-refractivity contribution is 5.76. The molecule has 0 atom stereocenters. The van der Waals surface area contributed by atoms with E-state index in [0.717, 1.165) is 6.54 Å². The minimum Gasteiger partial charge on any atom is -0.336 e. The average molecular weight is 195 g/mol. The second kappa shape index (κ2) is 5.84. The van der Waals surface area contributed by atoms with Crippen LogP contribution in [0.25, 0.3) is 0 Å². The molecule has 1 aliphatic carbocycles. The summed E-state index contributed by atoms with van der Waals surface area (Å²) in [5.74, 6) is 0.275. The maximum absolute atomic E-state index is 11.7. The van der Waals surface area contributed by atoms with E-state index < -0.39 is 0 Å². The number of nitrogens with zero attached hydrogens (tertiary/aromatic N) is 1. The molecule has 1 amide bonds. The Bertz CT molecular complexity index is 194. The lowest BCUT2D eigenvalue weighted by molar-refractivity contribution is -0.133. The Labute approximate surface area is 87.0 Å². The molecule has 2 heteroatoms. The third-order valence-corrected chi connectivity index (χ3v) is 2.96. The summed E-state index contributed by atoms with van der Waals surface area (Å²) in [5, 5.41) is 0. The van der Waals surface area contributed by atoms with Crippen molar-refractivity contribution in [1.82, 2.24) is 4.90 Å². The molecule has 14 heavy (non-hydrogen) atoms. The zero-order chi connectivity index (χ0) is 10.4. The van der Waals surface area contributed by atoms with Crippen LogP contribution < -0.4 is 0 Å². The molecular weight excluding hydrogens is 174 g/mol. The first-order chi connectivity index (χ1) is 6.79. The summed E-state index contributed by atoms with van der Waals surface area (Å²) in [5.41, 5.74) is 0. The molecule has 0 heterocycles. The zero-order valence-corrected chi connectivity index (χ0v) is 9.17. The Morgan fingerprint density at radius 1 is 1.43 bits per heavy atom. The van der Waals surface area contributed by atoms with Gasteiger partial charge in [-0.2, -0.15) is 0 Å². The first-order valence-corrected chi connectivity index (χ1v) is 5.70. The van der Waals surface area contributed by atoms with E-state index >= 15 is 0 Å². The summed E-state index contributed by atoms with van der Waals surface area (Å²) in [4.78, 5) is 13.7. The van der Waals surface area contributed by atoms with Gasteiger partial charge in [0.1, 0.15) is 0 Å². The molecule has 0 spiro atoms. The standard InChI is InChI=1S/C12H21NO/c1-3-10-13(12(14)4-2)11-8-6-5-7-9-11/h3,11H,1,4-10H2,2H3. The van der Waals surface area contributed by atoms with Gasteiger partial charge in [-0.05, 0) is 12.8 Å². The van der Waals surface area contributed by atoms with Crippen LogP contribution in [0.2, 0.25) is 0 Å². The summed E-state index contributed by atoms with van der Waals surface area (Å²) < 4.78 is 0. The topological polar surface area (TPSA) is 20.3 Å². The first-order valence-electron chi connectivity index (χ1n) is 5.70. The fourth-order valence-corrected chi connectivity index (χ4v) is 2.19. The molecule has 1 rings (SSSR count). The normalized spacial score (nSPS) is 17.8. The maximum Gasteiger partial charge on any atom is 0.222 e. The molecule has 80 valence electrons. The van der Waals surface area contributed by atoms with Crippen LogP contribution in [0, 0.1) is 0 Å². The lowest BCUT2D eigenvalue weighted by Gasteiger charge is -2.33. The smallest absolute Gasteiger partial charge is 0.222 e. The van der Waals surface area contributed by atoms with E-state index in [4.69, 9.17) is 0 Å². The van der Waals surface area contributed by atoms with Gasteiger partial charge < -0.3 is 4.90 Å². The van der Waals surface area contributed by atoms with Gasteiger partial charge in [0.05, 0.1) is 0 Å². The first kappa shape index (κ1) is 11.3. The van der Waals surface area contributed by atoms with Gasteiger partial charge in [0.15, 0.2) is 0 Å². The number of amides is 1. The van der Waals surface area contributed by atoms with Crippen molar-refractivity contribution in [2.45, 2.75) is 51.5 Å². The fourth-order valence-electron chi connectivity index (χ4n) is 2.19. The monoisotopic (exact) mass is 195 g/mol. The molecule has 1 saturated carbocycles. The molecule has 0 saturated heterocycles. The van der Waals surface area contributed by atoms with Crippen molar-refractivity contribution in [3.63, 3.8) is 0 Å².